The van der Waals surface area contributed by atoms with Crippen molar-refractivity contribution in [2.24, 2.45) is 5.92 Å². The van der Waals surface area contributed by atoms with Crippen LogP contribution in [0, 0.1) is 5.92 Å². The highest BCUT2D eigenvalue weighted by molar-refractivity contribution is 6.32. The number of nitrogens with zero attached hydrogens (tertiary/aromatic N) is 3. The van der Waals surface area contributed by atoms with Gasteiger partial charge in [0.25, 0.3) is 0 Å². The van der Waals surface area contributed by atoms with Gasteiger partial charge in [-0.25, -0.2) is 9.97 Å². The van der Waals surface area contributed by atoms with Crippen LogP contribution in [0.4, 0.5) is 5.82 Å². The Kier molecular flexibility index (Phi) is 3.32. The molecule has 0 aromatic carbocycles. The Morgan fingerprint density at radius 2 is 2.27 bits per heavy atom. The number of piperidine rings is 1. The van der Waals surface area contributed by atoms with Crippen molar-refractivity contribution < 1.29 is 0 Å². The van der Waals surface area contributed by atoms with Gasteiger partial charge >= 0.3 is 0 Å². The lowest BCUT2D eigenvalue weighted by Crippen LogP contribution is -2.40. The Labute approximate surface area is 99.4 Å². The number of halogens is 2. The molecule has 1 aliphatic rings. The van der Waals surface area contributed by atoms with Crippen molar-refractivity contribution in [3.63, 3.8) is 0 Å². The molecule has 1 fully saturated rings. The van der Waals surface area contributed by atoms with Crippen molar-refractivity contribution in [2.45, 2.75) is 18.7 Å². The zero-order valence-electron chi connectivity index (χ0n) is 8.53. The van der Waals surface area contributed by atoms with Crippen molar-refractivity contribution in [1.29, 1.82) is 0 Å². The minimum atomic E-state index is 0.180. The highest BCUT2D eigenvalue weighted by Crippen LogP contribution is 2.28. The van der Waals surface area contributed by atoms with E-state index in [1.54, 1.807) is 6.20 Å². The Morgan fingerprint density at radius 1 is 1.47 bits per heavy atom. The van der Waals surface area contributed by atoms with E-state index in [0.717, 1.165) is 25.3 Å². The van der Waals surface area contributed by atoms with E-state index >= 15 is 0 Å². The van der Waals surface area contributed by atoms with Gasteiger partial charge in [-0.1, -0.05) is 18.5 Å². The van der Waals surface area contributed by atoms with Gasteiger partial charge in [-0.3, -0.25) is 0 Å². The summed E-state index contributed by atoms with van der Waals surface area (Å²) in [5.41, 5.74) is 0. The summed E-state index contributed by atoms with van der Waals surface area (Å²) in [5, 5.41) is 0.773. The van der Waals surface area contributed by atoms with Gasteiger partial charge in [0.05, 0.1) is 11.6 Å². The molecule has 1 saturated heterocycles. The maximum absolute atomic E-state index is 6.18. The molecule has 0 N–H and O–H groups in total. The summed E-state index contributed by atoms with van der Waals surface area (Å²) in [4.78, 5) is 10.2. The second kappa shape index (κ2) is 4.54. The van der Waals surface area contributed by atoms with Gasteiger partial charge in [0.2, 0.25) is 0 Å². The molecule has 0 radical (unpaired) electrons. The second-order valence-corrected chi connectivity index (χ2v) is 5.06. The van der Waals surface area contributed by atoms with Crippen molar-refractivity contribution in [3.05, 3.63) is 17.5 Å². The predicted molar refractivity (Wildman–Crippen MR) is 62.7 cm³/mol. The van der Waals surface area contributed by atoms with E-state index < -0.39 is 0 Å². The monoisotopic (exact) mass is 245 g/mol. The number of alkyl halides is 1. The zero-order chi connectivity index (χ0) is 10.8. The van der Waals surface area contributed by atoms with E-state index in [1.807, 2.05) is 0 Å². The topological polar surface area (TPSA) is 29.0 Å². The summed E-state index contributed by atoms with van der Waals surface area (Å²) in [5.74, 6) is 1.37. The molecular weight excluding hydrogens is 233 g/mol. The van der Waals surface area contributed by atoms with Crippen LogP contribution in [0.15, 0.2) is 12.5 Å². The smallest absolute Gasteiger partial charge is 0.150 e. The quantitative estimate of drug-likeness (QED) is 0.713. The molecule has 3 nitrogen and oxygen atoms in total. The first-order chi connectivity index (χ1) is 7.16. The van der Waals surface area contributed by atoms with Crippen LogP contribution in [-0.2, 0) is 0 Å². The minimum absolute atomic E-state index is 0.180. The van der Waals surface area contributed by atoms with Crippen LogP contribution >= 0.6 is 23.2 Å². The van der Waals surface area contributed by atoms with Crippen LogP contribution in [0.3, 0.4) is 0 Å². The van der Waals surface area contributed by atoms with Gasteiger partial charge < -0.3 is 4.90 Å². The maximum atomic E-state index is 6.18. The molecule has 2 unspecified atom stereocenters. The molecule has 2 rings (SSSR count). The van der Waals surface area contributed by atoms with E-state index in [2.05, 4.69) is 21.8 Å². The Bertz CT molecular complexity index is 335. The average Bonchev–Trinajstić information content (AvgIpc) is 2.16. The second-order valence-electron chi connectivity index (χ2n) is 4.04. The van der Waals surface area contributed by atoms with Crippen LogP contribution in [0.1, 0.15) is 13.3 Å². The standard InChI is InChI=1S/C10H13Cl2N3/c1-7-2-8(11)5-15(4-7)10-9(12)3-13-6-14-10/h3,6-8H,2,4-5H2,1H3. The van der Waals surface area contributed by atoms with E-state index in [9.17, 15) is 0 Å². The molecule has 1 aromatic rings. The lowest BCUT2D eigenvalue weighted by molar-refractivity contribution is 0.449. The van der Waals surface area contributed by atoms with E-state index in [4.69, 9.17) is 23.2 Å². The molecule has 0 bridgehead atoms. The summed E-state index contributed by atoms with van der Waals surface area (Å²) in [6.07, 6.45) is 4.19. The van der Waals surface area contributed by atoms with Gasteiger partial charge in [0, 0.05) is 13.1 Å². The summed E-state index contributed by atoms with van der Waals surface area (Å²) in [7, 11) is 0. The van der Waals surface area contributed by atoms with Crippen molar-refractivity contribution in [1.82, 2.24) is 9.97 Å². The normalized spacial score (nSPS) is 26.7. The lowest BCUT2D eigenvalue weighted by atomic mass is 10.00. The molecule has 0 aliphatic carbocycles. The van der Waals surface area contributed by atoms with Gasteiger partial charge in [-0.05, 0) is 12.3 Å². The maximum Gasteiger partial charge on any atom is 0.150 e. The van der Waals surface area contributed by atoms with Crippen LogP contribution in [0.2, 0.25) is 5.02 Å². The van der Waals surface area contributed by atoms with Gasteiger partial charge in [-0.2, -0.15) is 0 Å². The first kappa shape index (κ1) is 11.0. The van der Waals surface area contributed by atoms with Crippen LogP contribution in [-0.4, -0.2) is 28.4 Å². The zero-order valence-corrected chi connectivity index (χ0v) is 10.0. The fraction of sp³-hybridized carbons (Fsp3) is 0.600. The van der Waals surface area contributed by atoms with E-state index in [1.165, 1.54) is 6.33 Å². The first-order valence-corrected chi connectivity index (χ1v) is 5.82. The third-order valence-electron chi connectivity index (χ3n) is 2.56. The molecule has 5 heteroatoms. The number of anilines is 1. The molecule has 1 aromatic heterocycles. The molecular formula is C10H13Cl2N3. The highest BCUT2D eigenvalue weighted by Gasteiger charge is 2.25. The van der Waals surface area contributed by atoms with Gasteiger partial charge in [0.1, 0.15) is 11.3 Å². The number of aromatic nitrogens is 2. The number of rotatable bonds is 1. The number of hydrogen-bond donors (Lipinski definition) is 0. The number of hydrogen-bond acceptors (Lipinski definition) is 3. The molecule has 0 spiro atoms. The van der Waals surface area contributed by atoms with Crippen molar-refractivity contribution in [2.75, 3.05) is 18.0 Å². The average molecular weight is 246 g/mol. The summed E-state index contributed by atoms with van der Waals surface area (Å²) < 4.78 is 0. The summed E-state index contributed by atoms with van der Waals surface area (Å²) in [6, 6.07) is 0. The third kappa shape index (κ3) is 2.52. The SMILES string of the molecule is CC1CC(Cl)CN(c2ncncc2Cl)C1. The molecule has 0 saturated carbocycles. The van der Waals surface area contributed by atoms with Crippen LogP contribution < -0.4 is 4.90 Å². The van der Waals surface area contributed by atoms with Crippen LogP contribution in [0.25, 0.3) is 0 Å². The first-order valence-electron chi connectivity index (χ1n) is 5.01. The lowest BCUT2D eigenvalue weighted by Gasteiger charge is -2.34. The van der Waals surface area contributed by atoms with Crippen molar-refractivity contribution in [3.8, 4) is 0 Å². The Morgan fingerprint density at radius 3 is 2.93 bits per heavy atom. The molecule has 0 amide bonds. The summed E-state index contributed by atoms with van der Waals surface area (Å²) >= 11 is 12.2. The molecule has 2 atom stereocenters. The van der Waals surface area contributed by atoms with Gasteiger partial charge in [-0.15, -0.1) is 11.6 Å². The van der Waals surface area contributed by atoms with Crippen LogP contribution in [0.5, 0.6) is 0 Å². The van der Waals surface area contributed by atoms with E-state index in [-0.39, 0.29) is 5.38 Å². The van der Waals surface area contributed by atoms with E-state index in [0.29, 0.717) is 10.9 Å². The fourth-order valence-corrected chi connectivity index (χ4v) is 2.68. The fourth-order valence-electron chi connectivity index (χ4n) is 1.99. The highest BCUT2D eigenvalue weighted by atomic mass is 35.5. The Hall–Kier alpha value is -0.540. The van der Waals surface area contributed by atoms with Gasteiger partial charge in [0.15, 0.2) is 5.82 Å². The Balaban J connectivity index is 2.20. The molecule has 2 heterocycles. The predicted octanol–water partition coefficient (Wildman–Crippen LogP) is 2.58. The third-order valence-corrected chi connectivity index (χ3v) is 3.14. The van der Waals surface area contributed by atoms with Crippen molar-refractivity contribution >= 4 is 29.0 Å². The summed E-state index contributed by atoms with van der Waals surface area (Å²) in [6.45, 7) is 3.96. The molecule has 1 aliphatic heterocycles. The molecule has 82 valence electrons. The molecule has 15 heavy (non-hydrogen) atoms. The largest absolute Gasteiger partial charge is 0.354 e. The minimum Gasteiger partial charge on any atom is -0.354 e.